The minimum absolute atomic E-state index is 1.08. The molecule has 26 heavy (non-hydrogen) atoms. The van der Waals surface area contributed by atoms with Gasteiger partial charge in [-0.25, -0.2) is 0 Å². The van der Waals surface area contributed by atoms with Gasteiger partial charge in [-0.15, -0.1) is 0 Å². The largest absolute Gasteiger partial charge is 0.309 e. The van der Waals surface area contributed by atoms with Gasteiger partial charge in [0.25, 0.3) is 0 Å². The summed E-state index contributed by atoms with van der Waals surface area (Å²) in [5, 5.41) is 0. The van der Waals surface area contributed by atoms with E-state index in [2.05, 4.69) is 118 Å². The van der Waals surface area contributed by atoms with Gasteiger partial charge >= 0.3 is 0 Å². The van der Waals surface area contributed by atoms with Gasteiger partial charge in [0.05, 0.1) is 11.4 Å². The van der Waals surface area contributed by atoms with E-state index in [0.717, 1.165) is 10.2 Å². The van der Waals surface area contributed by atoms with Crippen LogP contribution in [-0.4, -0.2) is 0 Å². The maximum Gasteiger partial charge on any atom is 0.0540 e. The van der Waals surface area contributed by atoms with Crippen LogP contribution in [0.5, 0.6) is 0 Å². The Hall–Kier alpha value is -2.84. The molecule has 124 valence electrons. The lowest BCUT2D eigenvalue weighted by molar-refractivity contribution is 1.29. The van der Waals surface area contributed by atoms with Crippen molar-refractivity contribution in [3.05, 3.63) is 102 Å². The molecular formula is C24H16BrN. The van der Waals surface area contributed by atoms with Crippen molar-refractivity contribution >= 4 is 33.0 Å². The SMILES string of the molecule is Brc1cccc(N2c3ccccc3-c3ccccc3-c3ccccc32)c1. The average molecular weight is 398 g/mol. The highest BCUT2D eigenvalue weighted by molar-refractivity contribution is 9.10. The van der Waals surface area contributed by atoms with Crippen LogP contribution in [0.15, 0.2) is 102 Å². The van der Waals surface area contributed by atoms with E-state index in [1.165, 1.54) is 33.6 Å². The summed E-state index contributed by atoms with van der Waals surface area (Å²) in [6.45, 7) is 0. The van der Waals surface area contributed by atoms with Crippen molar-refractivity contribution in [2.75, 3.05) is 4.90 Å². The number of fused-ring (bicyclic) bond motifs is 5. The maximum absolute atomic E-state index is 3.63. The van der Waals surface area contributed by atoms with Crippen molar-refractivity contribution in [3.8, 4) is 22.3 Å². The summed E-state index contributed by atoms with van der Waals surface area (Å²) in [7, 11) is 0. The van der Waals surface area contributed by atoms with Crippen LogP contribution in [0.2, 0.25) is 0 Å². The number of para-hydroxylation sites is 2. The van der Waals surface area contributed by atoms with Crippen LogP contribution >= 0.6 is 15.9 Å². The third-order valence-electron chi connectivity index (χ3n) is 4.86. The van der Waals surface area contributed by atoms with Crippen molar-refractivity contribution < 1.29 is 0 Å². The van der Waals surface area contributed by atoms with Gasteiger partial charge in [0, 0.05) is 21.3 Å². The number of benzene rings is 4. The lowest BCUT2D eigenvalue weighted by atomic mass is 9.95. The highest BCUT2D eigenvalue weighted by atomic mass is 79.9. The topological polar surface area (TPSA) is 3.24 Å². The molecule has 0 aliphatic carbocycles. The van der Waals surface area contributed by atoms with Gasteiger partial charge < -0.3 is 4.90 Å². The molecule has 0 unspecified atom stereocenters. The van der Waals surface area contributed by atoms with Gasteiger partial charge in [0.15, 0.2) is 0 Å². The molecule has 4 aromatic carbocycles. The zero-order chi connectivity index (χ0) is 17.5. The summed E-state index contributed by atoms with van der Waals surface area (Å²) < 4.78 is 1.08. The molecule has 2 heteroatoms. The van der Waals surface area contributed by atoms with Gasteiger partial charge in [0.2, 0.25) is 0 Å². The summed E-state index contributed by atoms with van der Waals surface area (Å²) >= 11 is 3.63. The maximum atomic E-state index is 3.63. The molecule has 0 atom stereocenters. The van der Waals surface area contributed by atoms with Crippen LogP contribution in [-0.2, 0) is 0 Å². The van der Waals surface area contributed by atoms with Crippen LogP contribution in [0.25, 0.3) is 22.3 Å². The minimum Gasteiger partial charge on any atom is -0.309 e. The Bertz CT molecular complexity index is 1050. The number of hydrogen-bond donors (Lipinski definition) is 0. The standard InChI is InChI=1S/C24H16BrN/c25-17-8-7-9-18(16-17)26-23-14-5-3-12-21(23)19-10-1-2-11-20(19)22-13-4-6-15-24(22)26/h1-16H. The van der Waals surface area contributed by atoms with Crippen molar-refractivity contribution in [2.45, 2.75) is 0 Å². The Labute approximate surface area is 161 Å². The molecule has 0 bridgehead atoms. The van der Waals surface area contributed by atoms with E-state index in [1.54, 1.807) is 0 Å². The highest BCUT2D eigenvalue weighted by Crippen LogP contribution is 2.50. The third-order valence-corrected chi connectivity index (χ3v) is 5.36. The molecule has 1 aliphatic rings. The Morgan fingerprint density at radius 1 is 0.500 bits per heavy atom. The molecule has 0 N–H and O–H groups in total. The molecule has 0 aromatic heterocycles. The second-order valence-electron chi connectivity index (χ2n) is 6.40. The lowest BCUT2D eigenvalue weighted by Gasteiger charge is -2.27. The molecular weight excluding hydrogens is 382 g/mol. The average Bonchev–Trinajstić information content (AvgIpc) is 2.81. The van der Waals surface area contributed by atoms with Crippen molar-refractivity contribution in [2.24, 2.45) is 0 Å². The molecule has 5 rings (SSSR count). The number of nitrogens with zero attached hydrogens (tertiary/aromatic N) is 1. The van der Waals surface area contributed by atoms with E-state index in [0.29, 0.717) is 0 Å². The number of halogens is 1. The Kier molecular flexibility index (Phi) is 3.65. The molecule has 0 spiro atoms. The molecule has 4 aromatic rings. The molecule has 1 nitrogen and oxygen atoms in total. The monoisotopic (exact) mass is 397 g/mol. The Balaban J connectivity index is 1.91. The zero-order valence-corrected chi connectivity index (χ0v) is 15.6. The number of hydrogen-bond acceptors (Lipinski definition) is 1. The highest BCUT2D eigenvalue weighted by Gasteiger charge is 2.25. The summed E-state index contributed by atoms with van der Waals surface area (Å²) in [5.74, 6) is 0. The number of rotatable bonds is 1. The predicted molar refractivity (Wildman–Crippen MR) is 113 cm³/mol. The van der Waals surface area contributed by atoms with Crippen molar-refractivity contribution in [1.82, 2.24) is 0 Å². The van der Waals surface area contributed by atoms with E-state index in [9.17, 15) is 0 Å². The lowest BCUT2D eigenvalue weighted by Crippen LogP contribution is -2.10. The van der Waals surface area contributed by atoms with Gasteiger partial charge in [-0.05, 0) is 41.5 Å². The summed E-state index contributed by atoms with van der Waals surface area (Å²) in [6.07, 6.45) is 0. The zero-order valence-electron chi connectivity index (χ0n) is 14.1. The van der Waals surface area contributed by atoms with E-state index in [1.807, 2.05) is 0 Å². The first-order valence-electron chi connectivity index (χ1n) is 8.66. The van der Waals surface area contributed by atoms with Crippen LogP contribution in [0.3, 0.4) is 0 Å². The molecule has 0 saturated carbocycles. The van der Waals surface area contributed by atoms with Gasteiger partial charge in [-0.2, -0.15) is 0 Å². The summed E-state index contributed by atoms with van der Waals surface area (Å²) in [6, 6.07) is 34.4. The molecule has 0 fully saturated rings. The Morgan fingerprint density at radius 3 is 1.54 bits per heavy atom. The second-order valence-corrected chi connectivity index (χ2v) is 7.31. The van der Waals surface area contributed by atoms with Gasteiger partial charge in [-0.1, -0.05) is 82.7 Å². The molecule has 0 amide bonds. The normalized spacial score (nSPS) is 12.0. The van der Waals surface area contributed by atoms with Crippen molar-refractivity contribution in [3.63, 3.8) is 0 Å². The van der Waals surface area contributed by atoms with Crippen LogP contribution in [0, 0.1) is 0 Å². The minimum atomic E-state index is 1.08. The molecule has 0 saturated heterocycles. The van der Waals surface area contributed by atoms with E-state index >= 15 is 0 Å². The smallest absolute Gasteiger partial charge is 0.0540 e. The third kappa shape index (κ3) is 2.38. The first kappa shape index (κ1) is 15.4. The Morgan fingerprint density at radius 2 is 1.00 bits per heavy atom. The fourth-order valence-corrected chi connectivity index (χ4v) is 4.16. The van der Waals surface area contributed by atoms with E-state index in [-0.39, 0.29) is 0 Å². The predicted octanol–water partition coefficient (Wildman–Crippen LogP) is 7.57. The van der Waals surface area contributed by atoms with Crippen molar-refractivity contribution in [1.29, 1.82) is 0 Å². The second kappa shape index (κ2) is 6.15. The van der Waals surface area contributed by atoms with E-state index in [4.69, 9.17) is 0 Å². The summed E-state index contributed by atoms with van der Waals surface area (Å²) in [4.78, 5) is 2.36. The summed E-state index contributed by atoms with van der Waals surface area (Å²) in [5.41, 5.74) is 8.58. The number of anilines is 3. The van der Waals surface area contributed by atoms with Crippen LogP contribution < -0.4 is 4.90 Å². The fourth-order valence-electron chi connectivity index (χ4n) is 3.77. The van der Waals surface area contributed by atoms with Gasteiger partial charge in [-0.3, -0.25) is 0 Å². The van der Waals surface area contributed by atoms with Gasteiger partial charge in [0.1, 0.15) is 0 Å². The van der Waals surface area contributed by atoms with Crippen LogP contribution in [0.1, 0.15) is 0 Å². The van der Waals surface area contributed by atoms with E-state index < -0.39 is 0 Å². The fraction of sp³-hybridized carbons (Fsp3) is 0. The molecule has 1 aliphatic heterocycles. The molecule has 1 heterocycles. The van der Waals surface area contributed by atoms with Crippen LogP contribution in [0.4, 0.5) is 17.1 Å². The first-order chi connectivity index (χ1) is 12.8. The first-order valence-corrected chi connectivity index (χ1v) is 9.46. The molecule has 0 radical (unpaired) electrons. The quantitative estimate of drug-likeness (QED) is 0.282.